The van der Waals surface area contributed by atoms with Gasteiger partial charge in [-0.15, -0.1) is 11.3 Å². The lowest BCUT2D eigenvalue weighted by molar-refractivity contribution is -0.114. The third kappa shape index (κ3) is 4.07. The Kier molecular flexibility index (Phi) is 5.17. The topological polar surface area (TPSA) is 41.1 Å². The second-order valence-electron chi connectivity index (χ2n) is 4.60. The van der Waals surface area contributed by atoms with Gasteiger partial charge in [-0.1, -0.05) is 23.7 Å². The number of hydrogen-bond acceptors (Lipinski definition) is 3. The molecule has 0 saturated heterocycles. The largest absolute Gasteiger partial charge is 0.325 e. The number of carbonyl (C=O) groups excluding carboxylic acids is 1. The summed E-state index contributed by atoms with van der Waals surface area (Å²) < 4.78 is 0. The van der Waals surface area contributed by atoms with Crippen molar-refractivity contribution in [2.75, 3.05) is 5.32 Å². The number of nitrogens with one attached hydrogen (secondary N) is 2. The second-order valence-corrected chi connectivity index (χ2v) is 6.03. The Balaban J connectivity index is 1.98. The Bertz CT molecular complexity index is 597. The van der Waals surface area contributed by atoms with E-state index in [9.17, 15) is 4.79 Å². The van der Waals surface area contributed by atoms with Gasteiger partial charge in [0.1, 0.15) is 0 Å². The van der Waals surface area contributed by atoms with Crippen molar-refractivity contribution in [1.29, 1.82) is 0 Å². The van der Waals surface area contributed by atoms with Crippen LogP contribution >= 0.6 is 22.9 Å². The lowest BCUT2D eigenvalue weighted by Crippen LogP contribution is -2.18. The third-order valence-electron chi connectivity index (χ3n) is 2.97. The van der Waals surface area contributed by atoms with Crippen molar-refractivity contribution < 1.29 is 4.79 Å². The summed E-state index contributed by atoms with van der Waals surface area (Å²) in [7, 11) is 0. The van der Waals surface area contributed by atoms with Gasteiger partial charge in [0.2, 0.25) is 5.91 Å². The van der Waals surface area contributed by atoms with Crippen LogP contribution < -0.4 is 10.6 Å². The molecule has 3 nitrogen and oxygen atoms in total. The SMILES string of the molecule is CC(=O)Nc1ccsc1CN[C@@H](C)c1cccc(Cl)c1. The molecular weight excluding hydrogens is 292 g/mol. The first kappa shape index (κ1) is 15.0. The highest BCUT2D eigenvalue weighted by Crippen LogP contribution is 2.24. The van der Waals surface area contributed by atoms with E-state index in [1.165, 1.54) is 6.92 Å². The zero-order chi connectivity index (χ0) is 14.5. The van der Waals surface area contributed by atoms with Crippen LogP contribution in [0.2, 0.25) is 5.02 Å². The molecule has 0 spiro atoms. The average Bonchev–Trinajstić information content (AvgIpc) is 2.82. The van der Waals surface area contributed by atoms with E-state index in [4.69, 9.17) is 11.6 Å². The van der Waals surface area contributed by atoms with Crippen molar-refractivity contribution in [3.8, 4) is 0 Å². The van der Waals surface area contributed by atoms with Gasteiger partial charge in [0.05, 0.1) is 5.69 Å². The molecule has 1 atom stereocenters. The van der Waals surface area contributed by atoms with Crippen LogP contribution in [0.4, 0.5) is 5.69 Å². The molecule has 0 aliphatic rings. The van der Waals surface area contributed by atoms with Crippen molar-refractivity contribution in [3.63, 3.8) is 0 Å². The highest BCUT2D eigenvalue weighted by atomic mass is 35.5. The molecule has 0 saturated carbocycles. The number of halogens is 1. The van der Waals surface area contributed by atoms with Gasteiger partial charge in [-0.25, -0.2) is 0 Å². The minimum absolute atomic E-state index is 0.0486. The van der Waals surface area contributed by atoms with E-state index in [-0.39, 0.29) is 11.9 Å². The zero-order valence-corrected chi connectivity index (χ0v) is 13.0. The lowest BCUT2D eigenvalue weighted by atomic mass is 10.1. The third-order valence-corrected chi connectivity index (χ3v) is 4.13. The van der Waals surface area contributed by atoms with Crippen molar-refractivity contribution in [2.24, 2.45) is 0 Å². The molecule has 0 bridgehead atoms. The summed E-state index contributed by atoms with van der Waals surface area (Å²) in [4.78, 5) is 12.2. The number of benzene rings is 1. The van der Waals surface area contributed by atoms with Gasteiger partial charge in [0.25, 0.3) is 0 Å². The second kappa shape index (κ2) is 6.88. The van der Waals surface area contributed by atoms with Crippen LogP contribution in [0.25, 0.3) is 0 Å². The monoisotopic (exact) mass is 308 g/mol. The predicted molar refractivity (Wildman–Crippen MR) is 85.3 cm³/mol. The summed E-state index contributed by atoms with van der Waals surface area (Å²) in [5.41, 5.74) is 2.03. The molecule has 106 valence electrons. The fourth-order valence-corrected chi connectivity index (χ4v) is 2.90. The van der Waals surface area contributed by atoms with E-state index >= 15 is 0 Å². The Morgan fingerprint density at radius 2 is 2.20 bits per heavy atom. The summed E-state index contributed by atoms with van der Waals surface area (Å²) in [6, 6.07) is 9.94. The van der Waals surface area contributed by atoms with Gasteiger partial charge >= 0.3 is 0 Å². The fourth-order valence-electron chi connectivity index (χ4n) is 1.92. The maximum Gasteiger partial charge on any atom is 0.221 e. The first-order valence-electron chi connectivity index (χ1n) is 6.39. The van der Waals surface area contributed by atoms with Crippen LogP contribution in [-0.4, -0.2) is 5.91 Å². The molecule has 1 heterocycles. The Morgan fingerprint density at radius 3 is 2.90 bits per heavy atom. The number of anilines is 1. The van der Waals surface area contributed by atoms with Crippen molar-refractivity contribution in [3.05, 3.63) is 51.2 Å². The zero-order valence-electron chi connectivity index (χ0n) is 11.4. The molecule has 2 N–H and O–H groups in total. The summed E-state index contributed by atoms with van der Waals surface area (Å²) >= 11 is 7.63. The van der Waals surface area contributed by atoms with Crippen molar-refractivity contribution in [2.45, 2.75) is 26.4 Å². The molecule has 2 rings (SSSR count). The lowest BCUT2D eigenvalue weighted by Gasteiger charge is -2.14. The summed E-state index contributed by atoms with van der Waals surface area (Å²) in [6.45, 7) is 4.32. The minimum Gasteiger partial charge on any atom is -0.325 e. The molecular formula is C15H17ClN2OS. The highest BCUT2D eigenvalue weighted by molar-refractivity contribution is 7.10. The molecule has 0 fully saturated rings. The quantitative estimate of drug-likeness (QED) is 0.868. The van der Waals surface area contributed by atoms with Gasteiger partial charge in [0.15, 0.2) is 0 Å². The summed E-state index contributed by atoms with van der Waals surface area (Å²) in [6.07, 6.45) is 0. The maximum atomic E-state index is 11.1. The molecule has 1 aromatic carbocycles. The molecule has 2 aromatic rings. The molecule has 0 radical (unpaired) electrons. The van der Waals surface area contributed by atoms with Crippen LogP contribution in [0, 0.1) is 0 Å². The number of thiophene rings is 1. The number of carbonyl (C=O) groups is 1. The Hall–Kier alpha value is -1.36. The molecule has 0 aliphatic carbocycles. The van der Waals surface area contributed by atoms with Gasteiger partial charge in [0, 0.05) is 29.4 Å². The Labute approximate surface area is 128 Å². The van der Waals surface area contributed by atoms with Gasteiger partial charge in [-0.2, -0.15) is 0 Å². The van der Waals surface area contributed by atoms with Crippen LogP contribution in [0.15, 0.2) is 35.7 Å². The van der Waals surface area contributed by atoms with Crippen molar-refractivity contribution >= 4 is 34.5 Å². The van der Waals surface area contributed by atoms with Crippen molar-refractivity contribution in [1.82, 2.24) is 5.32 Å². The molecule has 20 heavy (non-hydrogen) atoms. The van der Waals surface area contributed by atoms with E-state index in [1.807, 2.05) is 35.7 Å². The van der Waals surface area contributed by atoms with Gasteiger partial charge < -0.3 is 10.6 Å². The highest BCUT2D eigenvalue weighted by Gasteiger charge is 2.09. The normalized spacial score (nSPS) is 12.2. The number of rotatable bonds is 5. The molecule has 5 heteroatoms. The first-order valence-corrected chi connectivity index (χ1v) is 7.65. The van der Waals surface area contributed by atoms with E-state index < -0.39 is 0 Å². The molecule has 0 unspecified atom stereocenters. The summed E-state index contributed by atoms with van der Waals surface area (Å²) in [5.74, 6) is -0.0486. The van der Waals surface area contributed by atoms with Crippen LogP contribution in [0.5, 0.6) is 0 Å². The van der Waals surface area contributed by atoms with E-state index in [2.05, 4.69) is 17.6 Å². The molecule has 1 amide bonds. The van der Waals surface area contributed by atoms with Gasteiger partial charge in [-0.05, 0) is 36.1 Å². The summed E-state index contributed by atoms with van der Waals surface area (Å²) in [5, 5.41) is 9.00. The van der Waals surface area contributed by atoms with Gasteiger partial charge in [-0.3, -0.25) is 4.79 Å². The predicted octanol–water partition coefficient (Wildman–Crippen LogP) is 4.21. The standard InChI is InChI=1S/C15H17ClN2OS/c1-10(12-4-3-5-13(16)8-12)17-9-15-14(6-7-20-15)18-11(2)19/h3-8,10,17H,9H2,1-2H3,(H,18,19)/t10-/m0/s1. The Morgan fingerprint density at radius 1 is 1.40 bits per heavy atom. The fraction of sp³-hybridized carbons (Fsp3) is 0.267. The number of amides is 1. The minimum atomic E-state index is -0.0486. The average molecular weight is 309 g/mol. The van der Waals surface area contributed by atoms with Crippen LogP contribution in [0.1, 0.15) is 30.3 Å². The molecule has 0 aliphatic heterocycles. The molecule has 1 aromatic heterocycles. The first-order chi connectivity index (χ1) is 9.56. The van der Waals surface area contributed by atoms with E-state index in [0.29, 0.717) is 6.54 Å². The van der Waals surface area contributed by atoms with Crippen LogP contribution in [0.3, 0.4) is 0 Å². The smallest absolute Gasteiger partial charge is 0.221 e. The van der Waals surface area contributed by atoms with E-state index in [0.717, 1.165) is 21.2 Å². The van der Waals surface area contributed by atoms with E-state index in [1.54, 1.807) is 11.3 Å². The van der Waals surface area contributed by atoms with Crippen LogP contribution in [-0.2, 0) is 11.3 Å². The maximum absolute atomic E-state index is 11.1. The number of hydrogen-bond donors (Lipinski definition) is 2.